The molecule has 0 aromatic heterocycles. The smallest absolute Gasteiger partial charge is 0.223 e. The van der Waals surface area contributed by atoms with E-state index in [2.05, 4.69) is 13.2 Å². The third-order valence-electron chi connectivity index (χ3n) is 3.36. The monoisotopic (exact) mass is 247 g/mol. The Hall–Kier alpha value is -1.64. The first kappa shape index (κ1) is 14.4. The minimum Gasteiger partial charge on any atom is -0.342 e. The van der Waals surface area contributed by atoms with Crippen LogP contribution in [0.4, 0.5) is 0 Å². The standard InChI is InChI=1S/C15H21NO2/c1-4-6-13(5-2)7-9-16-10-8-14(12(3)17)11-15(16)18/h4-6,14H,1-2,7-11H2,3H3/b13-6+. The number of piperidine rings is 1. The number of nitrogens with zero attached hydrogens (tertiary/aromatic N) is 1. The van der Waals surface area contributed by atoms with Crippen LogP contribution < -0.4 is 0 Å². The molecule has 0 saturated carbocycles. The Labute approximate surface area is 109 Å². The largest absolute Gasteiger partial charge is 0.342 e. The van der Waals surface area contributed by atoms with Crippen LogP contribution in [0.1, 0.15) is 26.2 Å². The van der Waals surface area contributed by atoms with Crippen molar-refractivity contribution in [2.75, 3.05) is 13.1 Å². The van der Waals surface area contributed by atoms with Gasteiger partial charge in [-0.25, -0.2) is 0 Å². The molecule has 98 valence electrons. The van der Waals surface area contributed by atoms with Gasteiger partial charge in [-0.1, -0.05) is 31.4 Å². The van der Waals surface area contributed by atoms with Crippen LogP contribution in [0.2, 0.25) is 0 Å². The zero-order valence-electron chi connectivity index (χ0n) is 11.0. The van der Waals surface area contributed by atoms with Crippen LogP contribution in [0.3, 0.4) is 0 Å². The van der Waals surface area contributed by atoms with Gasteiger partial charge in [0.2, 0.25) is 5.91 Å². The zero-order valence-corrected chi connectivity index (χ0v) is 11.0. The number of ketones is 1. The molecule has 1 aliphatic heterocycles. The van der Waals surface area contributed by atoms with Gasteiger partial charge in [0, 0.05) is 25.4 Å². The lowest BCUT2D eigenvalue weighted by Gasteiger charge is -2.30. The molecule has 1 saturated heterocycles. The van der Waals surface area contributed by atoms with Gasteiger partial charge in [-0.05, 0) is 25.3 Å². The molecule has 0 radical (unpaired) electrons. The van der Waals surface area contributed by atoms with E-state index in [-0.39, 0.29) is 17.6 Å². The number of carbonyl (C=O) groups is 2. The van der Waals surface area contributed by atoms with Crippen molar-refractivity contribution in [2.45, 2.75) is 26.2 Å². The van der Waals surface area contributed by atoms with E-state index >= 15 is 0 Å². The molecule has 3 heteroatoms. The minimum atomic E-state index is -0.0728. The van der Waals surface area contributed by atoms with Crippen LogP contribution in [0.15, 0.2) is 37.0 Å². The van der Waals surface area contributed by atoms with Gasteiger partial charge in [-0.15, -0.1) is 0 Å². The van der Waals surface area contributed by atoms with Crippen molar-refractivity contribution < 1.29 is 9.59 Å². The van der Waals surface area contributed by atoms with E-state index < -0.39 is 0 Å². The molecule has 0 aromatic carbocycles. The Balaban J connectivity index is 2.48. The molecule has 1 atom stereocenters. The van der Waals surface area contributed by atoms with Crippen LogP contribution in [-0.4, -0.2) is 29.7 Å². The second-order valence-electron chi connectivity index (χ2n) is 4.61. The van der Waals surface area contributed by atoms with E-state index in [1.165, 1.54) is 0 Å². The van der Waals surface area contributed by atoms with Crippen LogP contribution in [-0.2, 0) is 9.59 Å². The molecule has 1 unspecified atom stereocenters. The van der Waals surface area contributed by atoms with Gasteiger partial charge in [0.15, 0.2) is 0 Å². The maximum atomic E-state index is 11.9. The lowest BCUT2D eigenvalue weighted by atomic mass is 9.92. The van der Waals surface area contributed by atoms with Crippen molar-refractivity contribution >= 4 is 11.7 Å². The van der Waals surface area contributed by atoms with Gasteiger partial charge in [0.05, 0.1) is 0 Å². The van der Waals surface area contributed by atoms with Crippen molar-refractivity contribution in [3.8, 4) is 0 Å². The lowest BCUT2D eigenvalue weighted by Crippen LogP contribution is -2.41. The Morgan fingerprint density at radius 1 is 1.50 bits per heavy atom. The molecule has 1 aliphatic rings. The third-order valence-corrected chi connectivity index (χ3v) is 3.36. The van der Waals surface area contributed by atoms with Gasteiger partial charge in [0.1, 0.15) is 5.78 Å². The molecule has 0 aromatic rings. The molecule has 1 amide bonds. The number of carbonyl (C=O) groups excluding carboxylic acids is 2. The highest BCUT2D eigenvalue weighted by atomic mass is 16.2. The zero-order chi connectivity index (χ0) is 13.5. The SMILES string of the molecule is C=C/C=C(\C=C)CCN1CCC(C(C)=O)CC1=O. The topological polar surface area (TPSA) is 37.4 Å². The summed E-state index contributed by atoms with van der Waals surface area (Å²) in [6, 6.07) is 0. The van der Waals surface area contributed by atoms with E-state index in [1.807, 2.05) is 11.0 Å². The molecule has 0 aliphatic carbocycles. The third kappa shape index (κ3) is 3.99. The first-order chi connectivity index (χ1) is 8.58. The molecule has 18 heavy (non-hydrogen) atoms. The molecule has 0 N–H and O–H groups in total. The summed E-state index contributed by atoms with van der Waals surface area (Å²) in [6.07, 6.45) is 7.35. The number of hydrogen-bond acceptors (Lipinski definition) is 2. The summed E-state index contributed by atoms with van der Waals surface area (Å²) in [6.45, 7) is 10.3. The van der Waals surface area contributed by atoms with Crippen LogP contribution in [0.25, 0.3) is 0 Å². The van der Waals surface area contributed by atoms with E-state index in [4.69, 9.17) is 0 Å². The highest BCUT2D eigenvalue weighted by Crippen LogP contribution is 2.20. The summed E-state index contributed by atoms with van der Waals surface area (Å²) in [5.74, 6) is 0.140. The molecule has 0 bridgehead atoms. The average molecular weight is 247 g/mol. The van der Waals surface area contributed by atoms with Crippen LogP contribution in [0.5, 0.6) is 0 Å². The number of hydrogen-bond donors (Lipinski definition) is 0. The fourth-order valence-corrected chi connectivity index (χ4v) is 2.13. The molecular formula is C15H21NO2. The Bertz CT molecular complexity index is 382. The van der Waals surface area contributed by atoms with Crippen LogP contribution >= 0.6 is 0 Å². The quantitative estimate of drug-likeness (QED) is 0.676. The Morgan fingerprint density at radius 2 is 2.22 bits per heavy atom. The molecule has 1 heterocycles. The highest BCUT2D eigenvalue weighted by Gasteiger charge is 2.27. The normalized spacial score (nSPS) is 20.7. The van der Waals surface area contributed by atoms with Crippen molar-refractivity contribution in [2.24, 2.45) is 5.92 Å². The van der Waals surface area contributed by atoms with E-state index in [0.29, 0.717) is 19.5 Å². The lowest BCUT2D eigenvalue weighted by molar-refractivity contribution is -0.139. The van der Waals surface area contributed by atoms with Crippen molar-refractivity contribution in [3.05, 3.63) is 37.0 Å². The van der Waals surface area contributed by atoms with Gasteiger partial charge in [-0.2, -0.15) is 0 Å². The second-order valence-corrected chi connectivity index (χ2v) is 4.61. The van der Waals surface area contributed by atoms with E-state index in [9.17, 15) is 9.59 Å². The molecule has 1 rings (SSSR count). The summed E-state index contributed by atoms with van der Waals surface area (Å²) in [7, 11) is 0. The minimum absolute atomic E-state index is 0.0728. The average Bonchev–Trinajstić information content (AvgIpc) is 2.35. The van der Waals surface area contributed by atoms with Gasteiger partial charge < -0.3 is 4.90 Å². The summed E-state index contributed by atoms with van der Waals surface area (Å²) in [4.78, 5) is 25.0. The molecule has 3 nitrogen and oxygen atoms in total. The molecule has 0 spiro atoms. The predicted molar refractivity (Wildman–Crippen MR) is 73.1 cm³/mol. The first-order valence-electron chi connectivity index (χ1n) is 6.30. The predicted octanol–water partition coefficient (Wildman–Crippen LogP) is 2.50. The molecular weight excluding hydrogens is 226 g/mol. The van der Waals surface area contributed by atoms with Crippen molar-refractivity contribution in [3.63, 3.8) is 0 Å². The highest BCUT2D eigenvalue weighted by molar-refractivity contribution is 5.86. The van der Waals surface area contributed by atoms with Crippen molar-refractivity contribution in [1.29, 1.82) is 0 Å². The number of likely N-dealkylation sites (tertiary alicyclic amines) is 1. The van der Waals surface area contributed by atoms with Crippen LogP contribution in [0, 0.1) is 5.92 Å². The fourth-order valence-electron chi connectivity index (χ4n) is 2.13. The molecule has 1 fully saturated rings. The number of Topliss-reactive ketones (excluding diaryl/α,β-unsaturated/α-hetero) is 1. The Morgan fingerprint density at radius 3 is 2.72 bits per heavy atom. The maximum absolute atomic E-state index is 11.9. The number of rotatable bonds is 6. The summed E-state index contributed by atoms with van der Waals surface area (Å²) in [5.41, 5.74) is 1.08. The van der Waals surface area contributed by atoms with Gasteiger partial charge in [0.25, 0.3) is 0 Å². The summed E-state index contributed by atoms with van der Waals surface area (Å²) in [5, 5.41) is 0. The van der Waals surface area contributed by atoms with Gasteiger partial charge in [-0.3, -0.25) is 9.59 Å². The first-order valence-corrected chi connectivity index (χ1v) is 6.30. The van der Waals surface area contributed by atoms with E-state index in [1.54, 1.807) is 19.1 Å². The number of amides is 1. The fraction of sp³-hybridized carbons (Fsp3) is 0.467. The Kier molecular flexibility index (Phi) is 5.56. The van der Waals surface area contributed by atoms with Gasteiger partial charge >= 0.3 is 0 Å². The van der Waals surface area contributed by atoms with Crippen molar-refractivity contribution in [1.82, 2.24) is 4.90 Å². The summed E-state index contributed by atoms with van der Waals surface area (Å²) < 4.78 is 0. The summed E-state index contributed by atoms with van der Waals surface area (Å²) >= 11 is 0. The second kappa shape index (κ2) is 6.94. The maximum Gasteiger partial charge on any atom is 0.223 e. The van der Waals surface area contributed by atoms with E-state index in [0.717, 1.165) is 18.4 Å². The number of allylic oxidation sites excluding steroid dienone is 3.